The number of esters is 1. The van der Waals surface area contributed by atoms with Gasteiger partial charge in [0, 0.05) is 31.8 Å². The minimum absolute atomic E-state index is 0.0953. The van der Waals surface area contributed by atoms with E-state index in [1.165, 1.54) is 17.6 Å². The molecule has 34 heavy (non-hydrogen) atoms. The number of hydrogen-bond donors (Lipinski definition) is 0. The first-order valence-corrected chi connectivity index (χ1v) is 12.1. The number of carbonyl (C=O) groups excluding carboxylic acids is 2. The molecule has 0 aliphatic rings. The highest BCUT2D eigenvalue weighted by atomic mass is 35.5. The number of hydrogen-bond acceptors (Lipinski definition) is 4. The van der Waals surface area contributed by atoms with E-state index in [0.29, 0.717) is 25.2 Å². The monoisotopic (exact) mass is 487 g/mol. The highest BCUT2D eigenvalue weighted by molar-refractivity contribution is 6.25. The summed E-state index contributed by atoms with van der Waals surface area (Å²) < 4.78 is 10.1. The quantitative estimate of drug-likeness (QED) is 0.133. The maximum atomic E-state index is 12.7. The Morgan fingerprint density at radius 1 is 1.18 bits per heavy atom. The first-order chi connectivity index (χ1) is 16.4. The Morgan fingerprint density at radius 3 is 2.47 bits per heavy atom. The average Bonchev–Trinajstić information content (AvgIpc) is 2.86. The number of benzene rings is 1. The zero-order valence-corrected chi connectivity index (χ0v) is 21.6. The van der Waals surface area contributed by atoms with Crippen LogP contribution >= 0.6 is 11.6 Å². The van der Waals surface area contributed by atoms with Crippen molar-refractivity contribution in [1.29, 1.82) is 0 Å². The Morgan fingerprint density at radius 2 is 1.88 bits per heavy atom. The number of rotatable bonds is 15. The molecule has 0 fully saturated rings. The van der Waals surface area contributed by atoms with Crippen molar-refractivity contribution < 1.29 is 19.1 Å². The molecule has 0 saturated heterocycles. The standard InChI is InChI=1S/C28H38ClNO4/c1-6-7-8-12-24(21-29)15-14-22(2)11-9-10-13-27(31)30(3)26(28(32)34-5)20-23-16-18-25(33-4)19-17-23/h1,9,11,16-19,21-22,26H,7-8,10,12-15,20H2,2-5H3/t22-,26-/m0/s1. The fraction of sp³-hybridized carbons (Fsp3) is 0.500. The predicted molar refractivity (Wildman–Crippen MR) is 139 cm³/mol. The minimum Gasteiger partial charge on any atom is -0.497 e. The molecule has 0 saturated carbocycles. The zero-order chi connectivity index (χ0) is 25.3. The summed E-state index contributed by atoms with van der Waals surface area (Å²) in [5, 5.41) is 0. The van der Waals surface area contributed by atoms with E-state index in [4.69, 9.17) is 27.5 Å². The Kier molecular flexibility index (Phi) is 14.5. The largest absolute Gasteiger partial charge is 0.497 e. The molecule has 1 aromatic carbocycles. The lowest BCUT2D eigenvalue weighted by molar-refractivity contribution is -0.151. The lowest BCUT2D eigenvalue weighted by Gasteiger charge is -2.26. The van der Waals surface area contributed by atoms with Crippen LogP contribution in [-0.2, 0) is 20.7 Å². The first kappa shape index (κ1) is 29.3. The molecule has 0 heterocycles. The molecule has 0 radical (unpaired) electrons. The van der Waals surface area contributed by atoms with E-state index in [1.54, 1.807) is 19.7 Å². The molecule has 0 aliphatic heterocycles. The molecule has 2 atom stereocenters. The number of methoxy groups -OCH3 is 2. The van der Waals surface area contributed by atoms with Gasteiger partial charge >= 0.3 is 5.97 Å². The third kappa shape index (κ3) is 10.9. The Bertz CT molecular complexity index is 854. The summed E-state index contributed by atoms with van der Waals surface area (Å²) in [5.41, 5.74) is 3.82. The fourth-order valence-electron chi connectivity index (χ4n) is 3.55. The Balaban J connectivity index is 2.54. The number of amides is 1. The molecule has 0 aliphatic carbocycles. The van der Waals surface area contributed by atoms with Crippen molar-refractivity contribution in [2.45, 2.75) is 64.3 Å². The third-order valence-electron chi connectivity index (χ3n) is 5.81. The highest BCUT2D eigenvalue weighted by Crippen LogP contribution is 2.20. The van der Waals surface area contributed by atoms with Crippen LogP contribution in [0.25, 0.3) is 0 Å². The van der Waals surface area contributed by atoms with Gasteiger partial charge in [0.25, 0.3) is 0 Å². The van der Waals surface area contributed by atoms with Crippen molar-refractivity contribution in [3.8, 4) is 18.1 Å². The second kappa shape index (κ2) is 16.8. The molecular weight excluding hydrogens is 450 g/mol. The maximum Gasteiger partial charge on any atom is 0.328 e. The summed E-state index contributed by atoms with van der Waals surface area (Å²) in [4.78, 5) is 26.6. The molecule has 0 bridgehead atoms. The summed E-state index contributed by atoms with van der Waals surface area (Å²) in [6, 6.07) is 6.76. The van der Waals surface area contributed by atoms with E-state index in [1.807, 2.05) is 30.3 Å². The van der Waals surface area contributed by atoms with Crippen LogP contribution in [0, 0.1) is 18.3 Å². The van der Waals surface area contributed by atoms with E-state index in [2.05, 4.69) is 18.9 Å². The fourth-order valence-corrected chi connectivity index (χ4v) is 3.76. The second-order valence-corrected chi connectivity index (χ2v) is 8.62. The zero-order valence-electron chi connectivity index (χ0n) is 20.9. The lowest BCUT2D eigenvalue weighted by Crippen LogP contribution is -2.44. The van der Waals surface area contributed by atoms with Gasteiger partial charge in [-0.05, 0) is 55.7 Å². The number of ether oxygens (including phenoxy) is 2. The predicted octanol–water partition coefficient (Wildman–Crippen LogP) is 5.92. The van der Waals surface area contributed by atoms with Crippen LogP contribution in [-0.4, -0.2) is 44.1 Å². The number of unbranched alkanes of at least 4 members (excludes halogenated alkanes) is 1. The number of terminal acetylenes is 1. The van der Waals surface area contributed by atoms with Crippen LogP contribution in [0.4, 0.5) is 0 Å². The van der Waals surface area contributed by atoms with Crippen LogP contribution in [0.3, 0.4) is 0 Å². The SMILES string of the molecule is C#CCCCC(=CCl)CC[C@@H](C)C=CCCC(=O)N(C)[C@@H](Cc1ccc(OC)cc1)C(=O)OC. The van der Waals surface area contributed by atoms with Crippen LogP contribution in [0.5, 0.6) is 5.75 Å². The molecule has 186 valence electrons. The van der Waals surface area contributed by atoms with E-state index >= 15 is 0 Å². The smallest absolute Gasteiger partial charge is 0.328 e. The van der Waals surface area contributed by atoms with E-state index in [-0.39, 0.29) is 5.91 Å². The van der Waals surface area contributed by atoms with E-state index in [0.717, 1.165) is 43.4 Å². The second-order valence-electron chi connectivity index (χ2n) is 8.40. The first-order valence-electron chi connectivity index (χ1n) is 11.7. The molecule has 1 rings (SSSR count). The van der Waals surface area contributed by atoms with Crippen LogP contribution in [0.1, 0.15) is 57.4 Å². The van der Waals surface area contributed by atoms with Gasteiger partial charge in [0.15, 0.2) is 0 Å². The van der Waals surface area contributed by atoms with Gasteiger partial charge < -0.3 is 14.4 Å². The number of halogens is 1. The Hall–Kier alpha value is -2.71. The number of carbonyl (C=O) groups is 2. The van der Waals surface area contributed by atoms with Gasteiger partial charge in [-0.2, -0.15) is 0 Å². The van der Waals surface area contributed by atoms with Gasteiger partial charge in [0.2, 0.25) is 5.91 Å². The van der Waals surface area contributed by atoms with Crippen LogP contribution in [0.2, 0.25) is 0 Å². The molecule has 1 amide bonds. The number of likely N-dealkylation sites (N-methyl/N-ethyl adjacent to an activating group) is 1. The van der Waals surface area contributed by atoms with Gasteiger partial charge in [-0.1, -0.05) is 48.4 Å². The van der Waals surface area contributed by atoms with Crippen molar-refractivity contribution in [2.75, 3.05) is 21.3 Å². The molecule has 0 spiro atoms. The molecule has 6 heteroatoms. The minimum atomic E-state index is -0.677. The van der Waals surface area contributed by atoms with Crippen molar-refractivity contribution >= 4 is 23.5 Å². The number of nitrogens with zero attached hydrogens (tertiary/aromatic N) is 1. The van der Waals surface area contributed by atoms with Gasteiger partial charge in [-0.15, -0.1) is 12.3 Å². The van der Waals surface area contributed by atoms with Gasteiger partial charge in [0.1, 0.15) is 11.8 Å². The molecule has 0 aromatic heterocycles. The summed E-state index contributed by atoms with van der Waals surface area (Å²) >= 11 is 5.93. The average molecular weight is 488 g/mol. The summed E-state index contributed by atoms with van der Waals surface area (Å²) in [7, 11) is 4.59. The van der Waals surface area contributed by atoms with Crippen molar-refractivity contribution in [3.63, 3.8) is 0 Å². The van der Waals surface area contributed by atoms with Crippen LogP contribution in [0.15, 0.2) is 47.5 Å². The molecule has 1 aromatic rings. The number of allylic oxidation sites excluding steroid dienone is 3. The normalized spacial score (nSPS) is 13.2. The summed E-state index contributed by atoms with van der Waals surface area (Å²) in [6.45, 7) is 2.15. The van der Waals surface area contributed by atoms with E-state index < -0.39 is 12.0 Å². The van der Waals surface area contributed by atoms with Gasteiger partial charge in [-0.3, -0.25) is 4.79 Å². The molecular formula is C28H38ClNO4. The molecule has 0 unspecified atom stereocenters. The van der Waals surface area contributed by atoms with E-state index in [9.17, 15) is 9.59 Å². The van der Waals surface area contributed by atoms with Crippen molar-refractivity contribution in [2.24, 2.45) is 5.92 Å². The lowest BCUT2D eigenvalue weighted by atomic mass is 9.98. The molecule has 0 N–H and O–H groups in total. The maximum absolute atomic E-state index is 12.7. The summed E-state index contributed by atoms with van der Waals surface area (Å²) in [6.07, 6.45) is 15.4. The van der Waals surface area contributed by atoms with Crippen molar-refractivity contribution in [3.05, 3.63) is 53.1 Å². The van der Waals surface area contributed by atoms with Crippen molar-refractivity contribution in [1.82, 2.24) is 4.90 Å². The topological polar surface area (TPSA) is 55.8 Å². The van der Waals surface area contributed by atoms with Crippen LogP contribution < -0.4 is 4.74 Å². The Labute approximate surface area is 210 Å². The third-order valence-corrected chi connectivity index (χ3v) is 6.11. The van der Waals surface area contributed by atoms with Gasteiger partial charge in [0.05, 0.1) is 14.2 Å². The highest BCUT2D eigenvalue weighted by Gasteiger charge is 2.27. The van der Waals surface area contributed by atoms with Gasteiger partial charge in [-0.25, -0.2) is 4.79 Å². The summed E-state index contributed by atoms with van der Waals surface area (Å²) in [5.74, 6) is 3.25. The molecule has 5 nitrogen and oxygen atoms in total.